The van der Waals surface area contributed by atoms with Crippen molar-refractivity contribution in [3.8, 4) is 0 Å². The third-order valence-corrected chi connectivity index (χ3v) is 4.97. The maximum atomic E-state index is 3.63. The lowest BCUT2D eigenvalue weighted by Gasteiger charge is -2.44. The van der Waals surface area contributed by atoms with Crippen LogP contribution in [0.4, 0.5) is 0 Å². The highest BCUT2D eigenvalue weighted by Gasteiger charge is 2.32. The predicted molar refractivity (Wildman–Crippen MR) is 86.8 cm³/mol. The first-order valence-corrected chi connectivity index (χ1v) is 7.92. The van der Waals surface area contributed by atoms with Crippen LogP contribution < -0.4 is 5.32 Å². The Morgan fingerprint density at radius 1 is 1.25 bits per heavy atom. The van der Waals surface area contributed by atoms with Gasteiger partial charge in [0.2, 0.25) is 0 Å². The van der Waals surface area contributed by atoms with Gasteiger partial charge in [0.25, 0.3) is 0 Å². The van der Waals surface area contributed by atoms with Gasteiger partial charge in [0.1, 0.15) is 0 Å². The summed E-state index contributed by atoms with van der Waals surface area (Å²) in [6.45, 7) is 15.1. The Balaban J connectivity index is 2.17. The molecule has 20 heavy (non-hydrogen) atoms. The minimum atomic E-state index is 0.351. The van der Waals surface area contributed by atoms with Gasteiger partial charge in [-0.2, -0.15) is 0 Å². The number of hydrogen-bond acceptors (Lipinski definition) is 2. The van der Waals surface area contributed by atoms with E-state index in [1.807, 2.05) is 0 Å². The third kappa shape index (κ3) is 3.62. The molecule has 112 valence electrons. The third-order valence-electron chi connectivity index (χ3n) is 4.97. The van der Waals surface area contributed by atoms with Gasteiger partial charge in [-0.05, 0) is 23.8 Å². The summed E-state index contributed by atoms with van der Waals surface area (Å²) in [6, 6.07) is 12.0. The molecule has 0 aliphatic carbocycles. The molecule has 0 aromatic heterocycles. The molecule has 1 saturated heterocycles. The standard InChI is InChI=1S/C18H30N2/c1-14(2)18(4,5)13-20-12-15(3)19-11-17(20)16-9-7-6-8-10-16/h6-10,14-15,17,19H,11-13H2,1-5H3. The number of piperazine rings is 1. The van der Waals surface area contributed by atoms with Gasteiger partial charge in [-0.15, -0.1) is 0 Å². The zero-order valence-electron chi connectivity index (χ0n) is 13.7. The fourth-order valence-corrected chi connectivity index (χ4v) is 2.87. The van der Waals surface area contributed by atoms with Crippen molar-refractivity contribution in [2.45, 2.75) is 46.7 Å². The average molecular weight is 274 g/mol. The van der Waals surface area contributed by atoms with Crippen molar-refractivity contribution in [3.05, 3.63) is 35.9 Å². The summed E-state index contributed by atoms with van der Waals surface area (Å²) in [6.07, 6.45) is 0. The monoisotopic (exact) mass is 274 g/mol. The van der Waals surface area contributed by atoms with Gasteiger partial charge in [-0.25, -0.2) is 0 Å². The summed E-state index contributed by atoms with van der Waals surface area (Å²) < 4.78 is 0. The number of benzene rings is 1. The molecule has 0 saturated carbocycles. The van der Waals surface area contributed by atoms with Gasteiger partial charge in [-0.3, -0.25) is 4.90 Å². The molecule has 1 fully saturated rings. The SMILES string of the molecule is CC1CN(CC(C)(C)C(C)C)C(c2ccccc2)CN1. The van der Waals surface area contributed by atoms with E-state index in [1.165, 1.54) is 5.56 Å². The maximum Gasteiger partial charge on any atom is 0.0473 e. The predicted octanol–water partition coefficient (Wildman–Crippen LogP) is 3.70. The van der Waals surface area contributed by atoms with E-state index in [4.69, 9.17) is 0 Å². The van der Waals surface area contributed by atoms with Crippen molar-refractivity contribution in [2.75, 3.05) is 19.6 Å². The molecular weight excluding hydrogens is 244 g/mol. The zero-order valence-corrected chi connectivity index (χ0v) is 13.7. The second kappa shape index (κ2) is 6.28. The van der Waals surface area contributed by atoms with E-state index < -0.39 is 0 Å². The van der Waals surface area contributed by atoms with Gasteiger partial charge in [-0.1, -0.05) is 58.0 Å². The van der Waals surface area contributed by atoms with Gasteiger partial charge in [0.15, 0.2) is 0 Å². The lowest BCUT2D eigenvalue weighted by molar-refractivity contribution is 0.0663. The minimum Gasteiger partial charge on any atom is -0.311 e. The van der Waals surface area contributed by atoms with Crippen LogP contribution in [0.1, 0.15) is 46.2 Å². The van der Waals surface area contributed by atoms with Gasteiger partial charge >= 0.3 is 0 Å². The van der Waals surface area contributed by atoms with E-state index in [2.05, 4.69) is 75.2 Å². The molecule has 0 radical (unpaired) electrons. The van der Waals surface area contributed by atoms with Crippen LogP contribution in [0.25, 0.3) is 0 Å². The van der Waals surface area contributed by atoms with Crippen LogP contribution >= 0.6 is 0 Å². The van der Waals surface area contributed by atoms with Gasteiger partial charge in [0, 0.05) is 31.7 Å². The molecule has 0 spiro atoms. The largest absolute Gasteiger partial charge is 0.311 e. The van der Waals surface area contributed by atoms with Crippen molar-refractivity contribution in [1.29, 1.82) is 0 Å². The first-order chi connectivity index (χ1) is 9.40. The summed E-state index contributed by atoms with van der Waals surface area (Å²) in [5.74, 6) is 0.698. The van der Waals surface area contributed by atoms with E-state index in [0.717, 1.165) is 19.6 Å². The topological polar surface area (TPSA) is 15.3 Å². The minimum absolute atomic E-state index is 0.351. The molecule has 1 aliphatic heterocycles. The van der Waals surface area contributed by atoms with Crippen LogP contribution in [0.2, 0.25) is 0 Å². The number of nitrogens with one attached hydrogen (secondary N) is 1. The first kappa shape index (κ1) is 15.5. The summed E-state index contributed by atoms with van der Waals surface area (Å²) in [7, 11) is 0. The Labute approximate surface area is 124 Å². The summed E-state index contributed by atoms with van der Waals surface area (Å²) in [5.41, 5.74) is 1.79. The molecule has 0 amide bonds. The second-order valence-corrected chi connectivity index (χ2v) is 7.31. The zero-order chi connectivity index (χ0) is 14.8. The molecule has 1 heterocycles. The summed E-state index contributed by atoms with van der Waals surface area (Å²) >= 11 is 0. The highest BCUT2D eigenvalue weighted by atomic mass is 15.2. The molecule has 2 heteroatoms. The van der Waals surface area contributed by atoms with E-state index in [0.29, 0.717) is 23.4 Å². The van der Waals surface area contributed by atoms with E-state index in [1.54, 1.807) is 0 Å². The Morgan fingerprint density at radius 3 is 2.50 bits per heavy atom. The molecule has 2 nitrogen and oxygen atoms in total. The van der Waals surface area contributed by atoms with Crippen LogP contribution in [0, 0.1) is 11.3 Å². The Bertz CT molecular complexity index is 411. The van der Waals surface area contributed by atoms with Crippen molar-refractivity contribution >= 4 is 0 Å². The van der Waals surface area contributed by atoms with Gasteiger partial charge in [0.05, 0.1) is 0 Å². The van der Waals surface area contributed by atoms with Crippen molar-refractivity contribution in [2.24, 2.45) is 11.3 Å². The molecule has 1 N–H and O–H groups in total. The van der Waals surface area contributed by atoms with Crippen molar-refractivity contribution in [1.82, 2.24) is 10.2 Å². The van der Waals surface area contributed by atoms with Gasteiger partial charge < -0.3 is 5.32 Å². The normalized spacial score (nSPS) is 25.1. The number of rotatable bonds is 4. The smallest absolute Gasteiger partial charge is 0.0473 e. The first-order valence-electron chi connectivity index (χ1n) is 7.92. The van der Waals surface area contributed by atoms with E-state index >= 15 is 0 Å². The lowest BCUT2D eigenvalue weighted by Crippen LogP contribution is -2.53. The fourth-order valence-electron chi connectivity index (χ4n) is 2.87. The highest BCUT2D eigenvalue weighted by Crippen LogP contribution is 2.32. The average Bonchev–Trinajstić information content (AvgIpc) is 2.39. The molecule has 1 aromatic rings. The number of hydrogen-bond donors (Lipinski definition) is 1. The van der Waals surface area contributed by atoms with E-state index in [-0.39, 0.29) is 0 Å². The van der Waals surface area contributed by atoms with Crippen LogP contribution in [0.15, 0.2) is 30.3 Å². The summed E-state index contributed by atoms with van der Waals surface area (Å²) in [4.78, 5) is 2.68. The molecule has 2 rings (SSSR count). The molecular formula is C18H30N2. The molecule has 2 unspecified atom stereocenters. The molecule has 2 atom stereocenters. The highest BCUT2D eigenvalue weighted by molar-refractivity contribution is 5.20. The van der Waals surface area contributed by atoms with Crippen LogP contribution in [-0.4, -0.2) is 30.6 Å². The molecule has 1 aliphatic rings. The Morgan fingerprint density at radius 2 is 1.90 bits per heavy atom. The fraction of sp³-hybridized carbons (Fsp3) is 0.667. The van der Waals surface area contributed by atoms with Crippen molar-refractivity contribution in [3.63, 3.8) is 0 Å². The van der Waals surface area contributed by atoms with Crippen molar-refractivity contribution < 1.29 is 0 Å². The lowest BCUT2D eigenvalue weighted by atomic mass is 9.80. The number of nitrogens with zero attached hydrogens (tertiary/aromatic N) is 1. The summed E-state index contributed by atoms with van der Waals surface area (Å²) in [5, 5.41) is 3.63. The maximum absolute atomic E-state index is 3.63. The molecule has 0 bridgehead atoms. The van der Waals surface area contributed by atoms with Crippen LogP contribution in [0.5, 0.6) is 0 Å². The van der Waals surface area contributed by atoms with Crippen LogP contribution in [0.3, 0.4) is 0 Å². The Hall–Kier alpha value is -0.860. The molecule has 1 aromatic carbocycles. The Kier molecular flexibility index (Phi) is 4.87. The quantitative estimate of drug-likeness (QED) is 0.900. The van der Waals surface area contributed by atoms with Crippen LogP contribution in [-0.2, 0) is 0 Å². The van der Waals surface area contributed by atoms with E-state index in [9.17, 15) is 0 Å². The second-order valence-electron chi connectivity index (χ2n) is 7.31.